The molecule has 0 aromatic heterocycles. The lowest BCUT2D eigenvalue weighted by molar-refractivity contribution is -0.385. The van der Waals surface area contributed by atoms with E-state index in [0.717, 1.165) is 23.4 Å². The minimum Gasteiger partial charge on any atom is -0.493 e. The lowest BCUT2D eigenvalue weighted by Gasteiger charge is -2.14. The molecule has 0 spiro atoms. The summed E-state index contributed by atoms with van der Waals surface area (Å²) >= 11 is 5.86. The zero-order chi connectivity index (χ0) is 22.6. The molecule has 0 saturated heterocycles. The summed E-state index contributed by atoms with van der Waals surface area (Å²) in [5.74, 6) is 0.0635. The molecule has 0 unspecified atom stereocenters. The van der Waals surface area contributed by atoms with E-state index >= 15 is 0 Å². The van der Waals surface area contributed by atoms with Crippen molar-refractivity contribution in [2.45, 2.75) is 12.7 Å². The van der Waals surface area contributed by atoms with Crippen LogP contribution in [-0.4, -0.2) is 12.0 Å². The summed E-state index contributed by atoms with van der Waals surface area (Å²) < 4.78 is 49.4. The van der Waals surface area contributed by atoms with Crippen molar-refractivity contribution in [3.8, 4) is 17.2 Å². The lowest BCUT2D eigenvalue weighted by Crippen LogP contribution is -2.06. The van der Waals surface area contributed by atoms with Crippen molar-refractivity contribution in [3.63, 3.8) is 0 Å². The molecule has 0 fully saturated rings. The number of anilines is 1. The molecule has 1 N–H and O–H groups in total. The van der Waals surface area contributed by atoms with Crippen molar-refractivity contribution in [1.29, 1.82) is 0 Å². The molecule has 0 aliphatic heterocycles. The highest BCUT2D eigenvalue weighted by Gasteiger charge is 2.33. The largest absolute Gasteiger partial charge is 0.493 e. The quantitative estimate of drug-likeness (QED) is 0.319. The van der Waals surface area contributed by atoms with Crippen molar-refractivity contribution >= 4 is 23.0 Å². The first-order valence-corrected chi connectivity index (χ1v) is 9.25. The molecule has 162 valence electrons. The van der Waals surface area contributed by atoms with E-state index in [1.54, 1.807) is 24.3 Å². The molecule has 0 aliphatic rings. The smallest absolute Gasteiger partial charge is 0.416 e. The molecule has 0 aliphatic carbocycles. The molecule has 31 heavy (non-hydrogen) atoms. The summed E-state index contributed by atoms with van der Waals surface area (Å²) in [6.07, 6.45) is -4.71. The van der Waals surface area contributed by atoms with Crippen LogP contribution in [0.4, 0.5) is 24.5 Å². The van der Waals surface area contributed by atoms with Crippen LogP contribution in [0.1, 0.15) is 11.1 Å². The summed E-state index contributed by atoms with van der Waals surface area (Å²) in [6, 6.07) is 14.1. The number of alkyl halides is 3. The number of hydrogen-bond donors (Lipinski definition) is 1. The maximum Gasteiger partial charge on any atom is 0.416 e. The van der Waals surface area contributed by atoms with Crippen molar-refractivity contribution in [3.05, 3.63) is 86.9 Å². The zero-order valence-electron chi connectivity index (χ0n) is 16.1. The van der Waals surface area contributed by atoms with E-state index in [2.05, 4.69) is 5.32 Å². The first-order chi connectivity index (χ1) is 14.7. The average molecular weight is 453 g/mol. The number of methoxy groups -OCH3 is 1. The zero-order valence-corrected chi connectivity index (χ0v) is 16.8. The molecule has 3 rings (SSSR count). The SMILES string of the molecule is COc1cc(CNc2ccc(Cl)cc2)ccc1Oc1ccc(C(F)(F)F)cc1[N+](=O)[O-]. The van der Waals surface area contributed by atoms with Crippen LogP contribution in [0.25, 0.3) is 0 Å². The van der Waals surface area contributed by atoms with Crippen molar-refractivity contribution in [2.24, 2.45) is 0 Å². The predicted molar refractivity (Wildman–Crippen MR) is 110 cm³/mol. The molecule has 0 atom stereocenters. The van der Waals surface area contributed by atoms with Gasteiger partial charge >= 0.3 is 11.9 Å². The van der Waals surface area contributed by atoms with Crippen LogP contribution in [0.2, 0.25) is 5.02 Å². The second-order valence-electron chi connectivity index (χ2n) is 6.39. The van der Waals surface area contributed by atoms with E-state index in [-0.39, 0.29) is 17.2 Å². The Morgan fingerprint density at radius 1 is 1.00 bits per heavy atom. The number of nitro benzene ring substituents is 1. The number of nitrogens with one attached hydrogen (secondary N) is 1. The predicted octanol–water partition coefficient (Wildman–Crippen LogP) is 6.68. The first kappa shape index (κ1) is 22.2. The van der Waals surface area contributed by atoms with Gasteiger partial charge in [0.2, 0.25) is 5.75 Å². The average Bonchev–Trinajstić information content (AvgIpc) is 2.73. The topological polar surface area (TPSA) is 73.6 Å². The molecule has 10 heteroatoms. The number of halogens is 4. The Labute approximate surface area is 180 Å². The maximum absolute atomic E-state index is 12.9. The molecular formula is C21H16ClF3N2O4. The van der Waals surface area contributed by atoms with Gasteiger partial charge in [-0.25, -0.2) is 0 Å². The Bertz CT molecular complexity index is 1090. The Morgan fingerprint density at radius 2 is 1.68 bits per heavy atom. The van der Waals surface area contributed by atoms with Gasteiger partial charge in [-0.1, -0.05) is 17.7 Å². The van der Waals surface area contributed by atoms with E-state index in [1.807, 2.05) is 12.1 Å². The minimum atomic E-state index is -4.71. The molecular weight excluding hydrogens is 437 g/mol. The van der Waals surface area contributed by atoms with Crippen LogP contribution in [0.15, 0.2) is 60.7 Å². The Kier molecular flexibility index (Phi) is 6.55. The summed E-state index contributed by atoms with van der Waals surface area (Å²) in [4.78, 5) is 10.3. The number of nitrogens with zero attached hydrogens (tertiary/aromatic N) is 1. The van der Waals surface area contributed by atoms with Gasteiger partial charge in [0.05, 0.1) is 17.6 Å². The van der Waals surface area contributed by atoms with Crippen LogP contribution in [0.5, 0.6) is 17.2 Å². The highest BCUT2D eigenvalue weighted by atomic mass is 35.5. The third kappa shape index (κ3) is 5.58. The second kappa shape index (κ2) is 9.13. The molecule has 0 radical (unpaired) electrons. The van der Waals surface area contributed by atoms with E-state index in [9.17, 15) is 23.3 Å². The number of benzene rings is 3. The van der Waals surface area contributed by atoms with E-state index in [4.69, 9.17) is 21.1 Å². The molecule has 3 aromatic carbocycles. The summed E-state index contributed by atoms with van der Waals surface area (Å²) in [5, 5.41) is 15.1. The van der Waals surface area contributed by atoms with Crippen LogP contribution < -0.4 is 14.8 Å². The first-order valence-electron chi connectivity index (χ1n) is 8.87. The van der Waals surface area contributed by atoms with Crippen LogP contribution in [0, 0.1) is 10.1 Å². The molecule has 0 amide bonds. The highest BCUT2D eigenvalue weighted by molar-refractivity contribution is 6.30. The van der Waals surface area contributed by atoms with Gasteiger partial charge in [-0.15, -0.1) is 0 Å². The number of nitro groups is 1. The van der Waals surface area contributed by atoms with Crippen LogP contribution in [-0.2, 0) is 12.7 Å². The van der Waals surface area contributed by atoms with Gasteiger partial charge in [0.1, 0.15) is 0 Å². The monoisotopic (exact) mass is 452 g/mol. The normalized spacial score (nSPS) is 11.1. The van der Waals surface area contributed by atoms with Gasteiger partial charge in [0.25, 0.3) is 0 Å². The maximum atomic E-state index is 12.9. The van der Waals surface area contributed by atoms with Gasteiger partial charge in [-0.05, 0) is 54.1 Å². The van der Waals surface area contributed by atoms with Gasteiger partial charge in [-0.3, -0.25) is 10.1 Å². The standard InChI is InChI=1S/C21H16ClF3N2O4/c1-30-20-10-13(12-26-16-6-4-15(22)5-7-16)2-8-19(20)31-18-9-3-14(21(23,24)25)11-17(18)27(28)29/h2-11,26H,12H2,1H3. The molecule has 0 heterocycles. The highest BCUT2D eigenvalue weighted by Crippen LogP contribution is 2.40. The van der Waals surface area contributed by atoms with Crippen molar-refractivity contribution in [1.82, 2.24) is 0 Å². The second-order valence-corrected chi connectivity index (χ2v) is 6.82. The summed E-state index contributed by atoms with van der Waals surface area (Å²) in [7, 11) is 1.39. The minimum absolute atomic E-state index is 0.126. The third-order valence-corrected chi connectivity index (χ3v) is 4.52. The third-order valence-electron chi connectivity index (χ3n) is 4.27. The van der Waals surface area contributed by atoms with E-state index < -0.39 is 22.4 Å². The lowest BCUT2D eigenvalue weighted by atomic mass is 10.1. The van der Waals surface area contributed by atoms with Gasteiger partial charge in [0, 0.05) is 23.3 Å². The number of hydrogen-bond acceptors (Lipinski definition) is 5. The van der Waals surface area contributed by atoms with Crippen LogP contribution in [0.3, 0.4) is 0 Å². The molecule has 6 nitrogen and oxygen atoms in total. The fourth-order valence-corrected chi connectivity index (χ4v) is 2.85. The summed E-state index contributed by atoms with van der Waals surface area (Å²) in [5.41, 5.74) is -0.266. The van der Waals surface area contributed by atoms with Gasteiger partial charge < -0.3 is 14.8 Å². The van der Waals surface area contributed by atoms with Crippen LogP contribution >= 0.6 is 11.6 Å². The Balaban J connectivity index is 1.81. The molecule has 0 bridgehead atoms. The fourth-order valence-electron chi connectivity index (χ4n) is 2.72. The Morgan fingerprint density at radius 3 is 2.29 bits per heavy atom. The summed E-state index contributed by atoms with van der Waals surface area (Å²) in [6.45, 7) is 0.443. The van der Waals surface area contributed by atoms with Crippen molar-refractivity contribution in [2.75, 3.05) is 12.4 Å². The van der Waals surface area contributed by atoms with Crippen molar-refractivity contribution < 1.29 is 27.6 Å². The van der Waals surface area contributed by atoms with E-state index in [1.165, 1.54) is 13.2 Å². The number of ether oxygens (including phenoxy) is 2. The molecule has 3 aromatic rings. The number of rotatable bonds is 7. The Hall–Kier alpha value is -3.46. The van der Waals surface area contributed by atoms with Gasteiger partial charge in [-0.2, -0.15) is 13.2 Å². The van der Waals surface area contributed by atoms with Gasteiger partial charge in [0.15, 0.2) is 11.5 Å². The fraction of sp³-hybridized carbons (Fsp3) is 0.143. The van der Waals surface area contributed by atoms with E-state index in [0.29, 0.717) is 17.6 Å². The molecule has 0 saturated carbocycles.